The molecule has 6 nitrogen and oxygen atoms in total. The lowest BCUT2D eigenvalue weighted by molar-refractivity contribution is -0.267. The van der Waals surface area contributed by atoms with Crippen LogP contribution in [0, 0.1) is 11.6 Å². The fourth-order valence-electron chi connectivity index (χ4n) is 4.45. The van der Waals surface area contributed by atoms with E-state index in [0.29, 0.717) is 11.3 Å². The van der Waals surface area contributed by atoms with Crippen LogP contribution in [0.25, 0.3) is 0 Å². The minimum atomic E-state index is -4.74. The molecule has 0 aliphatic carbocycles. The van der Waals surface area contributed by atoms with Crippen LogP contribution < -0.4 is 11.1 Å². The Kier molecular flexibility index (Phi) is 6.08. The summed E-state index contributed by atoms with van der Waals surface area (Å²) in [6.45, 7) is 2.04. The maximum absolute atomic E-state index is 14.2. The predicted octanol–water partition coefficient (Wildman–Crippen LogP) is 2.25. The average Bonchev–Trinajstić information content (AvgIpc) is 3.01. The molecule has 0 saturated carbocycles. The minimum Gasteiger partial charge on any atom is -0.384 e. The molecule has 174 valence electrons. The summed E-state index contributed by atoms with van der Waals surface area (Å²) in [4.78, 5) is 17.4. The van der Waals surface area contributed by atoms with Crippen molar-refractivity contribution in [2.24, 2.45) is 10.7 Å². The Hall–Kier alpha value is -2.37. The van der Waals surface area contributed by atoms with Crippen molar-refractivity contribution in [3.8, 4) is 0 Å². The maximum Gasteiger partial charge on any atom is 0.416 e. The lowest BCUT2D eigenvalue weighted by Gasteiger charge is -2.44. The normalized spacial score (nSPS) is 31.3. The number of rotatable bonds is 3. The van der Waals surface area contributed by atoms with Gasteiger partial charge in [0.2, 0.25) is 0 Å². The fraction of sp³-hybridized carbons (Fsp3) is 0.524. The number of Topliss-reactive ketones (excluding diaryl/α,β-unsaturated/α-hetero) is 1. The Morgan fingerprint density at radius 2 is 2.03 bits per heavy atom. The highest BCUT2D eigenvalue weighted by molar-refractivity contribution is 5.88. The quantitative estimate of drug-likeness (QED) is 0.680. The highest BCUT2D eigenvalue weighted by Gasteiger charge is 2.54. The fourth-order valence-corrected chi connectivity index (χ4v) is 4.45. The van der Waals surface area contributed by atoms with E-state index in [1.807, 2.05) is 0 Å². The summed E-state index contributed by atoms with van der Waals surface area (Å²) in [6.07, 6.45) is -7.01. The van der Waals surface area contributed by atoms with E-state index < -0.39 is 48.1 Å². The highest BCUT2D eigenvalue weighted by Crippen LogP contribution is 2.41. The molecule has 11 heteroatoms. The van der Waals surface area contributed by atoms with Crippen molar-refractivity contribution in [3.63, 3.8) is 0 Å². The van der Waals surface area contributed by atoms with Gasteiger partial charge >= 0.3 is 6.18 Å². The van der Waals surface area contributed by atoms with Gasteiger partial charge in [-0.25, -0.2) is 8.78 Å². The number of hydrogen-bond acceptors (Lipinski definition) is 6. The molecule has 5 atom stereocenters. The van der Waals surface area contributed by atoms with E-state index in [4.69, 9.17) is 10.5 Å². The lowest BCUT2D eigenvalue weighted by atomic mass is 9.89. The second-order valence-electron chi connectivity index (χ2n) is 8.35. The molecule has 1 aromatic rings. The van der Waals surface area contributed by atoms with Crippen LogP contribution in [0.1, 0.15) is 25.0 Å². The summed E-state index contributed by atoms with van der Waals surface area (Å²) in [7, 11) is 0. The third-order valence-electron chi connectivity index (χ3n) is 6.11. The molecule has 0 aromatic heterocycles. The summed E-state index contributed by atoms with van der Waals surface area (Å²) in [5.41, 5.74) is 7.18. The summed E-state index contributed by atoms with van der Waals surface area (Å²) in [5, 5.41) is 3.10. The first kappa shape index (κ1) is 22.8. The van der Waals surface area contributed by atoms with Crippen molar-refractivity contribution in [1.29, 1.82) is 0 Å². The highest BCUT2D eigenvalue weighted by atomic mass is 19.4. The number of nitrogens with zero attached hydrogens (tertiary/aromatic N) is 2. The molecule has 3 N–H and O–H groups in total. The topological polar surface area (TPSA) is 80.0 Å². The van der Waals surface area contributed by atoms with Crippen LogP contribution in [0.5, 0.6) is 0 Å². The summed E-state index contributed by atoms with van der Waals surface area (Å²) in [6, 6.07) is -0.0892. The van der Waals surface area contributed by atoms with Crippen LogP contribution in [-0.4, -0.2) is 66.9 Å². The Morgan fingerprint density at radius 3 is 2.72 bits per heavy atom. The molecule has 0 bridgehead atoms. The van der Waals surface area contributed by atoms with Gasteiger partial charge in [0.05, 0.1) is 0 Å². The number of nitrogens with one attached hydrogen (secondary N) is 1. The minimum absolute atomic E-state index is 0.105. The average molecular weight is 458 g/mol. The largest absolute Gasteiger partial charge is 0.416 e. The van der Waals surface area contributed by atoms with Crippen molar-refractivity contribution in [2.75, 3.05) is 19.6 Å². The number of ether oxygens (including phenoxy) is 1. The molecular formula is C21H23F5N4O2. The summed E-state index contributed by atoms with van der Waals surface area (Å²) < 4.78 is 75.1. The Bertz CT molecular complexity index is 964. The van der Waals surface area contributed by atoms with Crippen molar-refractivity contribution < 1.29 is 31.5 Å². The van der Waals surface area contributed by atoms with E-state index in [0.717, 1.165) is 18.2 Å². The molecular weight excluding hydrogens is 435 g/mol. The van der Waals surface area contributed by atoms with Gasteiger partial charge in [-0.15, -0.1) is 0 Å². The Morgan fingerprint density at radius 1 is 1.28 bits per heavy atom. The van der Waals surface area contributed by atoms with Gasteiger partial charge in [-0.3, -0.25) is 14.7 Å². The van der Waals surface area contributed by atoms with E-state index in [1.54, 1.807) is 4.90 Å². The number of halogens is 5. The summed E-state index contributed by atoms with van der Waals surface area (Å²) in [5.74, 6) is -1.77. The van der Waals surface area contributed by atoms with E-state index in [1.165, 1.54) is 13.1 Å². The molecule has 1 unspecified atom stereocenters. The SMILES string of the molecule is CC(=O)C1CNC2=C(C=N1)CN([C@@H]1C[C@H](N)[C@@H](c3cc(F)ccc3F)O[C@@H]1C(F)(F)F)C2. The van der Waals surface area contributed by atoms with Gasteiger partial charge in [-0.05, 0) is 31.5 Å². The Labute approximate surface area is 181 Å². The van der Waals surface area contributed by atoms with Gasteiger partial charge in [0.25, 0.3) is 0 Å². The molecule has 3 aliphatic heterocycles. The van der Waals surface area contributed by atoms with Crippen molar-refractivity contribution in [2.45, 2.75) is 49.9 Å². The second kappa shape index (κ2) is 8.53. The van der Waals surface area contributed by atoms with Gasteiger partial charge in [-0.1, -0.05) is 0 Å². The zero-order chi connectivity index (χ0) is 23.2. The smallest absolute Gasteiger partial charge is 0.384 e. The maximum atomic E-state index is 14.2. The first-order chi connectivity index (χ1) is 15.0. The van der Waals surface area contributed by atoms with E-state index in [2.05, 4.69) is 10.3 Å². The number of alkyl halides is 3. The summed E-state index contributed by atoms with van der Waals surface area (Å²) >= 11 is 0. The molecule has 4 rings (SSSR count). The number of carbonyl (C=O) groups excluding carboxylic acids is 1. The molecule has 3 heterocycles. The van der Waals surface area contributed by atoms with Gasteiger partial charge in [0.15, 0.2) is 11.9 Å². The van der Waals surface area contributed by atoms with Gasteiger partial charge in [0, 0.05) is 54.8 Å². The molecule has 1 saturated heterocycles. The monoisotopic (exact) mass is 458 g/mol. The van der Waals surface area contributed by atoms with Crippen LogP contribution in [0.4, 0.5) is 22.0 Å². The standard InChI is InChI=1S/C21H23F5N4O2/c1-10(31)16-7-29-17-9-30(8-11(17)6-28-16)18-5-15(27)19(32-20(18)21(24,25)26)13-4-12(22)2-3-14(13)23/h2-4,6,15-16,18-20,29H,5,7-9,27H2,1H3/t15-,16?,18+,19+,20-/m0/s1. The molecule has 0 amide bonds. The van der Waals surface area contributed by atoms with Crippen LogP contribution in [0.3, 0.4) is 0 Å². The molecule has 0 radical (unpaired) electrons. The molecule has 32 heavy (non-hydrogen) atoms. The van der Waals surface area contributed by atoms with Gasteiger partial charge < -0.3 is 15.8 Å². The van der Waals surface area contributed by atoms with Crippen molar-refractivity contribution >= 4 is 12.0 Å². The number of benzene rings is 1. The van der Waals surface area contributed by atoms with Crippen molar-refractivity contribution in [3.05, 3.63) is 46.7 Å². The van der Waals surface area contributed by atoms with Crippen LogP contribution in [0.2, 0.25) is 0 Å². The Balaban J connectivity index is 1.56. The van der Waals surface area contributed by atoms with Gasteiger partial charge in [0.1, 0.15) is 23.8 Å². The van der Waals surface area contributed by atoms with E-state index in [9.17, 15) is 26.7 Å². The van der Waals surface area contributed by atoms with E-state index in [-0.39, 0.29) is 37.4 Å². The van der Waals surface area contributed by atoms with Gasteiger partial charge in [-0.2, -0.15) is 13.2 Å². The number of aliphatic imine (C=N–C) groups is 1. The van der Waals surface area contributed by atoms with Crippen LogP contribution in [0.15, 0.2) is 34.5 Å². The first-order valence-corrected chi connectivity index (χ1v) is 10.2. The lowest BCUT2D eigenvalue weighted by Crippen LogP contribution is -2.59. The number of hydrogen-bond donors (Lipinski definition) is 2. The zero-order valence-corrected chi connectivity index (χ0v) is 17.2. The van der Waals surface area contributed by atoms with Crippen LogP contribution in [-0.2, 0) is 9.53 Å². The predicted molar refractivity (Wildman–Crippen MR) is 106 cm³/mol. The molecule has 0 spiro atoms. The first-order valence-electron chi connectivity index (χ1n) is 10.2. The third-order valence-corrected chi connectivity index (χ3v) is 6.11. The molecule has 1 fully saturated rings. The van der Waals surface area contributed by atoms with Crippen molar-refractivity contribution in [1.82, 2.24) is 10.2 Å². The molecule has 1 aromatic carbocycles. The zero-order valence-electron chi connectivity index (χ0n) is 17.2. The van der Waals surface area contributed by atoms with Crippen LogP contribution >= 0.6 is 0 Å². The number of ketones is 1. The number of carbonyl (C=O) groups is 1. The van der Waals surface area contributed by atoms with E-state index >= 15 is 0 Å². The second-order valence-corrected chi connectivity index (χ2v) is 8.35. The third kappa shape index (κ3) is 4.41. The molecule has 3 aliphatic rings. The number of nitrogens with two attached hydrogens (primary N) is 1.